The molecule has 2 heterocycles. The number of hydrogen-bond acceptors (Lipinski definition) is 5. The average molecular weight is 377 g/mol. The van der Waals surface area contributed by atoms with Gasteiger partial charge in [-0.05, 0) is 56.3 Å². The van der Waals surface area contributed by atoms with Crippen molar-refractivity contribution in [3.05, 3.63) is 77.0 Å². The van der Waals surface area contributed by atoms with Gasteiger partial charge in [0.1, 0.15) is 5.76 Å². The second-order valence-corrected chi connectivity index (χ2v) is 6.26. The third-order valence-corrected chi connectivity index (χ3v) is 4.32. The van der Waals surface area contributed by atoms with Gasteiger partial charge in [0.05, 0.1) is 30.0 Å². The summed E-state index contributed by atoms with van der Waals surface area (Å²) in [6, 6.07) is 13.8. The molecular formula is C21H19N3O4. The maximum atomic E-state index is 12.4. The lowest BCUT2D eigenvalue weighted by Gasteiger charge is -2.08. The van der Waals surface area contributed by atoms with Crippen LogP contribution in [0.2, 0.25) is 0 Å². The summed E-state index contributed by atoms with van der Waals surface area (Å²) in [5.74, 6) is -0.236. The quantitative estimate of drug-likeness (QED) is 0.664. The molecule has 142 valence electrons. The number of carbonyl (C=O) groups excluding carboxylic acids is 2. The molecule has 0 fully saturated rings. The number of aryl methyl sites for hydroxylation is 1. The average Bonchev–Trinajstić information content (AvgIpc) is 3.30. The van der Waals surface area contributed by atoms with Gasteiger partial charge in [0.25, 0.3) is 5.91 Å². The van der Waals surface area contributed by atoms with E-state index in [9.17, 15) is 9.59 Å². The molecule has 2 aromatic heterocycles. The van der Waals surface area contributed by atoms with Crippen LogP contribution < -0.4 is 5.32 Å². The first-order valence-corrected chi connectivity index (χ1v) is 8.64. The van der Waals surface area contributed by atoms with Crippen molar-refractivity contribution in [1.82, 2.24) is 4.57 Å². The van der Waals surface area contributed by atoms with E-state index in [0.717, 1.165) is 17.1 Å². The van der Waals surface area contributed by atoms with Crippen LogP contribution in [0.3, 0.4) is 0 Å². The van der Waals surface area contributed by atoms with Crippen LogP contribution >= 0.6 is 0 Å². The summed E-state index contributed by atoms with van der Waals surface area (Å²) in [5, 5.41) is 11.4. The fourth-order valence-electron chi connectivity index (χ4n) is 2.84. The first kappa shape index (κ1) is 19.0. The zero-order valence-corrected chi connectivity index (χ0v) is 15.6. The lowest BCUT2D eigenvalue weighted by Crippen LogP contribution is -2.21. The molecule has 0 saturated carbocycles. The number of aromatic nitrogens is 1. The summed E-state index contributed by atoms with van der Waals surface area (Å²) in [6.45, 7) is 3.82. The minimum absolute atomic E-state index is 0.402. The summed E-state index contributed by atoms with van der Waals surface area (Å²) in [6.07, 6.45) is 1.60. The number of anilines is 1. The zero-order chi connectivity index (χ0) is 20.1. The molecule has 0 atom stereocenters. The molecule has 1 N–H and O–H groups in total. The molecule has 7 nitrogen and oxygen atoms in total. The van der Waals surface area contributed by atoms with Crippen LogP contribution in [0.5, 0.6) is 0 Å². The highest BCUT2D eigenvalue weighted by Crippen LogP contribution is 2.18. The Bertz CT molecular complexity index is 1030. The van der Waals surface area contributed by atoms with Gasteiger partial charge in [-0.3, -0.25) is 4.79 Å². The van der Waals surface area contributed by atoms with Crippen molar-refractivity contribution in [2.75, 3.05) is 11.9 Å². The second-order valence-electron chi connectivity index (χ2n) is 6.26. The highest BCUT2D eigenvalue weighted by molar-refractivity contribution is 5.96. The molecule has 0 aliphatic rings. The molecule has 0 unspecified atom stereocenters. The van der Waals surface area contributed by atoms with Crippen LogP contribution in [0.15, 0.2) is 53.1 Å². The van der Waals surface area contributed by atoms with Gasteiger partial charge in [0, 0.05) is 17.1 Å². The first-order chi connectivity index (χ1) is 13.5. The Labute approximate surface area is 162 Å². The second kappa shape index (κ2) is 8.27. The normalized spacial score (nSPS) is 10.3. The van der Waals surface area contributed by atoms with E-state index in [0.29, 0.717) is 23.4 Å². The molecule has 3 aromatic rings. The van der Waals surface area contributed by atoms with E-state index in [2.05, 4.69) is 5.32 Å². The minimum Gasteiger partial charge on any atom is -0.467 e. The van der Waals surface area contributed by atoms with Crippen LogP contribution in [0.25, 0.3) is 0 Å². The van der Waals surface area contributed by atoms with Crippen molar-refractivity contribution in [2.24, 2.45) is 0 Å². The molecule has 0 saturated heterocycles. The Balaban J connectivity index is 1.60. The zero-order valence-electron chi connectivity index (χ0n) is 15.6. The third-order valence-electron chi connectivity index (χ3n) is 4.32. The molecule has 28 heavy (non-hydrogen) atoms. The molecule has 0 spiro atoms. The van der Waals surface area contributed by atoms with Crippen LogP contribution in [-0.2, 0) is 16.1 Å². The van der Waals surface area contributed by atoms with Gasteiger partial charge in [0.15, 0.2) is 6.61 Å². The Morgan fingerprint density at radius 2 is 1.96 bits per heavy atom. The summed E-state index contributed by atoms with van der Waals surface area (Å²) in [7, 11) is 0. The molecule has 7 heteroatoms. The van der Waals surface area contributed by atoms with E-state index in [1.807, 2.05) is 36.6 Å². The third kappa shape index (κ3) is 4.30. The number of benzene rings is 1. The molecule has 0 radical (unpaired) electrons. The van der Waals surface area contributed by atoms with E-state index >= 15 is 0 Å². The van der Waals surface area contributed by atoms with Crippen molar-refractivity contribution in [1.29, 1.82) is 5.26 Å². The lowest BCUT2D eigenvalue weighted by molar-refractivity contribution is -0.119. The number of nitrogens with zero attached hydrogens (tertiary/aromatic N) is 2. The molecule has 3 rings (SSSR count). The van der Waals surface area contributed by atoms with Gasteiger partial charge in [-0.25, -0.2) is 4.79 Å². The number of esters is 1. The molecular weight excluding hydrogens is 358 g/mol. The maximum absolute atomic E-state index is 12.4. The Morgan fingerprint density at radius 1 is 1.21 bits per heavy atom. The summed E-state index contributed by atoms with van der Waals surface area (Å²) < 4.78 is 12.5. The van der Waals surface area contributed by atoms with E-state index in [4.69, 9.17) is 14.4 Å². The van der Waals surface area contributed by atoms with Crippen LogP contribution in [-0.4, -0.2) is 23.1 Å². The topological polar surface area (TPSA) is 97.3 Å². The van der Waals surface area contributed by atoms with Crippen LogP contribution in [0.1, 0.15) is 33.1 Å². The van der Waals surface area contributed by atoms with Crippen LogP contribution in [0, 0.1) is 25.2 Å². The minimum atomic E-state index is -0.561. The summed E-state index contributed by atoms with van der Waals surface area (Å²) in [5.41, 5.74) is 3.07. The molecule has 0 bridgehead atoms. The summed E-state index contributed by atoms with van der Waals surface area (Å²) in [4.78, 5) is 24.4. The van der Waals surface area contributed by atoms with E-state index < -0.39 is 18.5 Å². The SMILES string of the molecule is Cc1cc(C(=O)OCC(=O)Nc2ccc(C#N)cc2)c(C)n1Cc1ccco1. The van der Waals surface area contributed by atoms with E-state index in [1.165, 1.54) is 0 Å². The number of nitrogens with one attached hydrogen (secondary N) is 1. The predicted octanol–water partition coefficient (Wildman–Crippen LogP) is 3.41. The van der Waals surface area contributed by atoms with E-state index in [-0.39, 0.29) is 0 Å². The van der Waals surface area contributed by atoms with Crippen LogP contribution in [0.4, 0.5) is 5.69 Å². The Hall–Kier alpha value is -3.79. The molecule has 0 aliphatic heterocycles. The lowest BCUT2D eigenvalue weighted by atomic mass is 10.2. The van der Waals surface area contributed by atoms with Crippen molar-refractivity contribution >= 4 is 17.6 Å². The van der Waals surface area contributed by atoms with Gasteiger partial charge in [-0.15, -0.1) is 0 Å². The Kier molecular flexibility index (Phi) is 5.61. The standard InChI is InChI=1S/C21H19N3O4/c1-14-10-19(15(2)24(14)12-18-4-3-9-27-18)21(26)28-13-20(25)23-17-7-5-16(11-22)6-8-17/h3-10H,12-13H2,1-2H3,(H,23,25). The Morgan fingerprint density at radius 3 is 2.61 bits per heavy atom. The number of amides is 1. The van der Waals surface area contributed by atoms with Gasteiger partial charge in [-0.2, -0.15) is 5.26 Å². The predicted molar refractivity (Wildman–Crippen MR) is 102 cm³/mol. The number of hydrogen-bond donors (Lipinski definition) is 1. The van der Waals surface area contributed by atoms with Crippen molar-refractivity contribution < 1.29 is 18.7 Å². The van der Waals surface area contributed by atoms with Crippen molar-refractivity contribution in [3.63, 3.8) is 0 Å². The fraction of sp³-hybridized carbons (Fsp3) is 0.190. The highest BCUT2D eigenvalue weighted by atomic mass is 16.5. The van der Waals surface area contributed by atoms with Gasteiger partial charge >= 0.3 is 5.97 Å². The largest absolute Gasteiger partial charge is 0.467 e. The number of rotatable bonds is 6. The van der Waals surface area contributed by atoms with Crippen molar-refractivity contribution in [3.8, 4) is 6.07 Å². The monoisotopic (exact) mass is 377 g/mol. The maximum Gasteiger partial charge on any atom is 0.340 e. The fourth-order valence-corrected chi connectivity index (χ4v) is 2.84. The summed E-state index contributed by atoms with van der Waals surface area (Å²) >= 11 is 0. The van der Waals surface area contributed by atoms with Gasteiger partial charge < -0.3 is 19.0 Å². The first-order valence-electron chi connectivity index (χ1n) is 8.64. The highest BCUT2D eigenvalue weighted by Gasteiger charge is 2.18. The number of carbonyl (C=O) groups is 2. The van der Waals surface area contributed by atoms with E-state index in [1.54, 1.807) is 36.6 Å². The number of ether oxygens (including phenoxy) is 1. The smallest absolute Gasteiger partial charge is 0.340 e. The van der Waals surface area contributed by atoms with Gasteiger partial charge in [-0.1, -0.05) is 0 Å². The number of furan rings is 1. The molecule has 1 amide bonds. The number of nitriles is 1. The molecule has 1 aromatic carbocycles. The van der Waals surface area contributed by atoms with Crippen molar-refractivity contribution in [2.45, 2.75) is 20.4 Å². The van der Waals surface area contributed by atoms with Gasteiger partial charge in [0.2, 0.25) is 0 Å². The molecule has 0 aliphatic carbocycles.